The van der Waals surface area contributed by atoms with Gasteiger partial charge in [-0.25, -0.2) is 0 Å². The number of amides is 2. The number of carboxylic acids is 1. The molecule has 0 bridgehead atoms. The van der Waals surface area contributed by atoms with E-state index in [2.05, 4.69) is 4.90 Å². The van der Waals surface area contributed by atoms with Crippen LogP contribution in [0.1, 0.15) is 39.0 Å². The lowest BCUT2D eigenvalue weighted by Gasteiger charge is -2.40. The standard InChI is InChI=1S/C19H31N3O4/c1-14(23)21-10-8-20(9-11-21)6-4-17-13-22(19(26)15-2-3-15)7-5-16(17)12-18(24)25/h15-17H,2-13H2,1H3,(H,24,25). The first-order valence-corrected chi connectivity index (χ1v) is 9.92. The molecule has 7 nitrogen and oxygen atoms in total. The summed E-state index contributed by atoms with van der Waals surface area (Å²) in [5.41, 5.74) is 0. The number of piperazine rings is 1. The molecule has 0 aromatic carbocycles. The van der Waals surface area contributed by atoms with Crippen LogP contribution in [0.25, 0.3) is 0 Å². The van der Waals surface area contributed by atoms with Crippen molar-refractivity contribution in [1.29, 1.82) is 0 Å². The first-order chi connectivity index (χ1) is 12.4. The Balaban J connectivity index is 1.52. The second-order valence-electron chi connectivity index (χ2n) is 8.10. The number of carbonyl (C=O) groups is 3. The second-order valence-corrected chi connectivity index (χ2v) is 8.10. The number of aliphatic carboxylic acids is 1. The predicted molar refractivity (Wildman–Crippen MR) is 96.5 cm³/mol. The lowest BCUT2D eigenvalue weighted by atomic mass is 9.81. The Morgan fingerprint density at radius 1 is 0.923 bits per heavy atom. The van der Waals surface area contributed by atoms with Gasteiger partial charge in [-0.05, 0) is 44.1 Å². The van der Waals surface area contributed by atoms with Gasteiger partial charge in [0.15, 0.2) is 0 Å². The van der Waals surface area contributed by atoms with Crippen molar-refractivity contribution < 1.29 is 19.5 Å². The summed E-state index contributed by atoms with van der Waals surface area (Å²) >= 11 is 0. The molecule has 2 aliphatic heterocycles. The minimum atomic E-state index is -0.739. The maximum Gasteiger partial charge on any atom is 0.303 e. The lowest BCUT2D eigenvalue weighted by molar-refractivity contribution is -0.140. The number of nitrogens with zero attached hydrogens (tertiary/aromatic N) is 3. The second kappa shape index (κ2) is 8.37. The van der Waals surface area contributed by atoms with Crippen molar-refractivity contribution in [2.45, 2.75) is 39.0 Å². The van der Waals surface area contributed by atoms with Crippen LogP contribution in [0, 0.1) is 17.8 Å². The van der Waals surface area contributed by atoms with Crippen LogP contribution in [0.5, 0.6) is 0 Å². The maximum absolute atomic E-state index is 12.4. The molecule has 2 heterocycles. The lowest BCUT2D eigenvalue weighted by Crippen LogP contribution is -2.49. The van der Waals surface area contributed by atoms with Gasteiger partial charge in [-0.2, -0.15) is 0 Å². The largest absolute Gasteiger partial charge is 0.481 e. The monoisotopic (exact) mass is 365 g/mol. The van der Waals surface area contributed by atoms with Gasteiger partial charge in [0.2, 0.25) is 11.8 Å². The van der Waals surface area contributed by atoms with Crippen molar-refractivity contribution in [2.75, 3.05) is 45.8 Å². The van der Waals surface area contributed by atoms with Gasteiger partial charge in [-0.1, -0.05) is 0 Å². The molecular weight excluding hydrogens is 334 g/mol. The highest BCUT2D eigenvalue weighted by molar-refractivity contribution is 5.81. The van der Waals surface area contributed by atoms with Gasteiger partial charge in [0.05, 0.1) is 0 Å². The number of carbonyl (C=O) groups excluding carboxylic acids is 2. The third-order valence-corrected chi connectivity index (χ3v) is 6.20. The molecule has 1 aliphatic carbocycles. The summed E-state index contributed by atoms with van der Waals surface area (Å²) in [4.78, 5) is 41.3. The van der Waals surface area contributed by atoms with E-state index in [9.17, 15) is 19.5 Å². The quantitative estimate of drug-likeness (QED) is 0.756. The molecular formula is C19H31N3O4. The summed E-state index contributed by atoms with van der Waals surface area (Å²) < 4.78 is 0. The molecule has 3 aliphatic rings. The SMILES string of the molecule is CC(=O)N1CCN(CCC2CN(C(=O)C3CC3)CCC2CC(=O)O)CC1. The zero-order valence-electron chi connectivity index (χ0n) is 15.7. The fraction of sp³-hybridized carbons (Fsp3) is 0.842. The van der Waals surface area contributed by atoms with Crippen LogP contribution in [-0.4, -0.2) is 83.4 Å². The highest BCUT2D eigenvalue weighted by Crippen LogP contribution is 2.35. The molecule has 7 heteroatoms. The van der Waals surface area contributed by atoms with Gasteiger partial charge in [-0.15, -0.1) is 0 Å². The van der Waals surface area contributed by atoms with Gasteiger partial charge in [0.1, 0.15) is 0 Å². The fourth-order valence-electron chi connectivity index (χ4n) is 4.32. The van der Waals surface area contributed by atoms with E-state index in [1.165, 1.54) is 0 Å². The minimum absolute atomic E-state index is 0.132. The molecule has 3 rings (SSSR count). The Bertz CT molecular complexity index is 541. The summed E-state index contributed by atoms with van der Waals surface area (Å²) in [6.45, 7) is 7.23. The first-order valence-electron chi connectivity index (χ1n) is 9.92. The van der Waals surface area contributed by atoms with E-state index < -0.39 is 5.97 Å². The first kappa shape index (κ1) is 19.1. The van der Waals surface area contributed by atoms with E-state index in [0.29, 0.717) is 13.1 Å². The van der Waals surface area contributed by atoms with E-state index in [1.807, 2.05) is 9.80 Å². The van der Waals surface area contributed by atoms with Gasteiger partial charge in [0, 0.05) is 58.5 Å². The summed E-state index contributed by atoms with van der Waals surface area (Å²) in [5, 5.41) is 9.23. The molecule has 2 amide bonds. The van der Waals surface area contributed by atoms with Crippen molar-refractivity contribution in [3.8, 4) is 0 Å². The van der Waals surface area contributed by atoms with Crippen LogP contribution in [0.2, 0.25) is 0 Å². The zero-order valence-corrected chi connectivity index (χ0v) is 15.7. The molecule has 1 saturated carbocycles. The normalized spacial score (nSPS) is 27.4. The van der Waals surface area contributed by atoms with Gasteiger partial charge >= 0.3 is 5.97 Å². The van der Waals surface area contributed by atoms with E-state index in [-0.39, 0.29) is 36.0 Å². The molecule has 2 unspecified atom stereocenters. The van der Waals surface area contributed by atoms with E-state index >= 15 is 0 Å². The molecule has 2 atom stereocenters. The zero-order chi connectivity index (χ0) is 18.7. The van der Waals surface area contributed by atoms with Crippen LogP contribution in [0.3, 0.4) is 0 Å². The number of piperidine rings is 1. The molecule has 0 aromatic heterocycles. The molecule has 26 heavy (non-hydrogen) atoms. The average molecular weight is 365 g/mol. The van der Waals surface area contributed by atoms with Crippen molar-refractivity contribution in [1.82, 2.24) is 14.7 Å². The van der Waals surface area contributed by atoms with Crippen molar-refractivity contribution in [3.63, 3.8) is 0 Å². The van der Waals surface area contributed by atoms with Crippen LogP contribution < -0.4 is 0 Å². The molecule has 0 aromatic rings. The molecule has 2 saturated heterocycles. The van der Waals surface area contributed by atoms with Crippen LogP contribution in [0.15, 0.2) is 0 Å². The van der Waals surface area contributed by atoms with Crippen molar-refractivity contribution in [3.05, 3.63) is 0 Å². The number of likely N-dealkylation sites (tertiary alicyclic amines) is 1. The fourth-order valence-corrected chi connectivity index (χ4v) is 4.32. The Kier molecular flexibility index (Phi) is 6.16. The van der Waals surface area contributed by atoms with Crippen molar-refractivity contribution in [2.24, 2.45) is 17.8 Å². The molecule has 0 radical (unpaired) electrons. The number of hydrogen-bond acceptors (Lipinski definition) is 4. The Labute approximate surface area is 155 Å². The molecule has 3 fully saturated rings. The highest BCUT2D eigenvalue weighted by Gasteiger charge is 2.38. The molecule has 1 N–H and O–H groups in total. The predicted octanol–water partition coefficient (Wildman–Crippen LogP) is 0.890. The van der Waals surface area contributed by atoms with Gasteiger partial charge in [0.25, 0.3) is 0 Å². The minimum Gasteiger partial charge on any atom is -0.481 e. The highest BCUT2D eigenvalue weighted by atomic mass is 16.4. The van der Waals surface area contributed by atoms with Crippen molar-refractivity contribution >= 4 is 17.8 Å². The van der Waals surface area contributed by atoms with Crippen LogP contribution >= 0.6 is 0 Å². The number of rotatable bonds is 6. The summed E-state index contributed by atoms with van der Waals surface area (Å²) in [7, 11) is 0. The van der Waals surface area contributed by atoms with E-state index in [0.717, 1.165) is 58.4 Å². The third kappa shape index (κ3) is 4.96. The number of carboxylic acid groups (broad SMARTS) is 1. The summed E-state index contributed by atoms with van der Waals surface area (Å²) in [6.07, 6.45) is 3.95. The maximum atomic E-state index is 12.4. The van der Waals surface area contributed by atoms with Crippen LogP contribution in [0.4, 0.5) is 0 Å². The number of hydrogen-bond donors (Lipinski definition) is 1. The van der Waals surface area contributed by atoms with Crippen LogP contribution in [-0.2, 0) is 14.4 Å². The average Bonchev–Trinajstić information content (AvgIpc) is 3.45. The molecule has 146 valence electrons. The summed E-state index contributed by atoms with van der Waals surface area (Å²) in [6, 6.07) is 0. The topological polar surface area (TPSA) is 81.2 Å². The summed E-state index contributed by atoms with van der Waals surface area (Å²) in [5.74, 6) is 0.317. The van der Waals surface area contributed by atoms with E-state index in [1.54, 1.807) is 6.92 Å². The van der Waals surface area contributed by atoms with E-state index in [4.69, 9.17) is 0 Å². The molecule has 0 spiro atoms. The van der Waals surface area contributed by atoms with Gasteiger partial charge < -0.3 is 14.9 Å². The third-order valence-electron chi connectivity index (χ3n) is 6.20. The Hall–Kier alpha value is -1.63. The Morgan fingerprint density at radius 2 is 1.62 bits per heavy atom. The van der Waals surface area contributed by atoms with Gasteiger partial charge in [-0.3, -0.25) is 19.3 Å². The Morgan fingerprint density at radius 3 is 2.19 bits per heavy atom. The smallest absolute Gasteiger partial charge is 0.303 e.